The standard InChI is InChI=1S/C58H57N4O.Pt/c1-39(2)48-23-14-15-24-49(48)40-31-45(60-37-54(57(6,7)8)61(38-60)44-22-18-21-43(33-44)58(9,10)41-19-12-11-13-20-41)35-47(32-40)63-46-27-28-51-50-25-16-17-26-52(50)62(53(51)36-46)55-34-42(29-30-59-55)56(3,4)5;/h11-34,37-39H,1-10H3;/q-3;. The van der Waals surface area contributed by atoms with Crippen molar-refractivity contribution in [3.8, 4) is 28.4 Å². The van der Waals surface area contributed by atoms with Crippen molar-refractivity contribution in [1.29, 1.82) is 0 Å². The number of benzene rings is 6. The van der Waals surface area contributed by atoms with Crippen molar-refractivity contribution in [2.45, 2.75) is 86.0 Å². The number of fused-ring (bicyclic) bond motifs is 3. The Bertz CT molecular complexity index is 3000. The first-order valence-corrected chi connectivity index (χ1v) is 22.1. The molecule has 0 saturated heterocycles. The monoisotopic (exact) mass is 1020 g/mol. The molecule has 64 heavy (non-hydrogen) atoms. The fourth-order valence-corrected chi connectivity index (χ4v) is 8.81. The molecule has 8 aromatic rings. The average Bonchev–Trinajstić information content (AvgIpc) is 3.87. The van der Waals surface area contributed by atoms with Crippen molar-refractivity contribution in [2.75, 3.05) is 9.80 Å². The van der Waals surface area contributed by atoms with E-state index < -0.39 is 0 Å². The van der Waals surface area contributed by atoms with Crippen molar-refractivity contribution < 1.29 is 25.8 Å². The van der Waals surface area contributed by atoms with Crippen LogP contribution >= 0.6 is 0 Å². The van der Waals surface area contributed by atoms with Crippen LogP contribution in [0, 0.1) is 24.2 Å². The first kappa shape index (κ1) is 44.7. The van der Waals surface area contributed by atoms with Crippen LogP contribution in [0.1, 0.15) is 97.4 Å². The summed E-state index contributed by atoms with van der Waals surface area (Å²) in [7, 11) is 0. The molecule has 0 fully saturated rings. The molecule has 0 radical (unpaired) electrons. The Balaban J connectivity index is 0.00000560. The first-order valence-electron chi connectivity index (χ1n) is 22.1. The van der Waals surface area contributed by atoms with Crippen LogP contribution in [-0.4, -0.2) is 9.55 Å². The maximum absolute atomic E-state index is 6.90. The predicted molar refractivity (Wildman–Crippen MR) is 263 cm³/mol. The Hall–Kier alpha value is -5.90. The smallest absolute Gasteiger partial charge is 0.135 e. The van der Waals surface area contributed by atoms with E-state index in [2.05, 4.69) is 242 Å². The number of nitrogens with zero attached hydrogens (tertiary/aromatic N) is 4. The van der Waals surface area contributed by atoms with Gasteiger partial charge in [-0.25, -0.2) is 4.98 Å². The molecule has 6 aromatic carbocycles. The Morgan fingerprint density at radius 1 is 0.625 bits per heavy atom. The summed E-state index contributed by atoms with van der Waals surface area (Å²) in [5, 5.41) is 2.23. The first-order chi connectivity index (χ1) is 30.1. The molecular formula is C58H57N4OPt-3. The second-order valence-corrected chi connectivity index (χ2v) is 19.8. The van der Waals surface area contributed by atoms with Crippen LogP contribution in [0.15, 0.2) is 158 Å². The Kier molecular flexibility index (Phi) is 12.0. The number of hydrogen-bond donors (Lipinski definition) is 0. The van der Waals surface area contributed by atoms with Gasteiger partial charge in [0.1, 0.15) is 5.82 Å². The fourth-order valence-electron chi connectivity index (χ4n) is 8.81. The summed E-state index contributed by atoms with van der Waals surface area (Å²) in [6.45, 7) is 24.8. The average molecular weight is 1020 g/mol. The Labute approximate surface area is 394 Å². The normalized spacial score (nSPS) is 13.5. The molecule has 5 nitrogen and oxygen atoms in total. The van der Waals surface area contributed by atoms with Gasteiger partial charge in [-0.15, -0.1) is 53.6 Å². The zero-order valence-electron chi connectivity index (χ0n) is 38.6. The zero-order valence-corrected chi connectivity index (χ0v) is 40.9. The van der Waals surface area contributed by atoms with Crippen LogP contribution < -0.4 is 14.5 Å². The number of para-hydroxylation sites is 1. The van der Waals surface area contributed by atoms with E-state index in [9.17, 15) is 0 Å². The molecular weight excluding hydrogens is 964 g/mol. The van der Waals surface area contributed by atoms with Gasteiger partial charge < -0.3 is 19.1 Å². The van der Waals surface area contributed by atoms with Crippen molar-refractivity contribution in [3.05, 3.63) is 199 Å². The van der Waals surface area contributed by atoms with Gasteiger partial charge in [0, 0.05) is 66.5 Å². The van der Waals surface area contributed by atoms with Crippen molar-refractivity contribution >= 4 is 33.2 Å². The van der Waals surface area contributed by atoms with Gasteiger partial charge in [0.25, 0.3) is 0 Å². The third-order valence-electron chi connectivity index (χ3n) is 12.5. The Morgan fingerprint density at radius 3 is 2.09 bits per heavy atom. The van der Waals surface area contributed by atoms with Crippen LogP contribution in [0.4, 0.5) is 11.4 Å². The summed E-state index contributed by atoms with van der Waals surface area (Å²) in [6.07, 6.45) is 4.16. The molecule has 9 rings (SSSR count). The van der Waals surface area contributed by atoms with E-state index in [1.165, 1.54) is 33.5 Å². The fraction of sp³-hybridized carbons (Fsp3) is 0.241. The molecule has 1 aliphatic rings. The molecule has 3 heterocycles. The maximum atomic E-state index is 6.90. The summed E-state index contributed by atoms with van der Waals surface area (Å²) in [5.41, 5.74) is 12.0. The van der Waals surface area contributed by atoms with E-state index in [4.69, 9.17) is 9.72 Å². The SMILES string of the molecule is CC(C)c1ccccc1-c1cc(Oc2[c-]c3c(cc2)c2ccccc2n3-c2cc(C(C)(C)C)ccn2)[c-]c(N2C=C(C(C)(C)C)N(c3cccc(C(C)(C)c4ccccc4)c3)[CH-]2)c1.[Pt]. The van der Waals surface area contributed by atoms with E-state index >= 15 is 0 Å². The van der Waals surface area contributed by atoms with Gasteiger partial charge in [-0.1, -0.05) is 160 Å². The summed E-state index contributed by atoms with van der Waals surface area (Å²) < 4.78 is 9.10. The van der Waals surface area contributed by atoms with Crippen molar-refractivity contribution in [3.63, 3.8) is 0 Å². The number of ether oxygens (including phenoxy) is 1. The molecule has 1 aliphatic heterocycles. The van der Waals surface area contributed by atoms with Gasteiger partial charge >= 0.3 is 0 Å². The van der Waals surface area contributed by atoms with Gasteiger partial charge in [0.05, 0.1) is 0 Å². The second-order valence-electron chi connectivity index (χ2n) is 19.8. The number of anilines is 2. The summed E-state index contributed by atoms with van der Waals surface area (Å²) in [6, 6.07) is 57.1. The van der Waals surface area contributed by atoms with E-state index in [-0.39, 0.29) is 37.3 Å². The number of aromatic nitrogens is 2. The summed E-state index contributed by atoms with van der Waals surface area (Å²) >= 11 is 0. The van der Waals surface area contributed by atoms with Crippen molar-refractivity contribution in [1.82, 2.24) is 9.55 Å². The van der Waals surface area contributed by atoms with Gasteiger partial charge in [0.15, 0.2) is 0 Å². The maximum Gasteiger partial charge on any atom is 0.135 e. The molecule has 0 saturated carbocycles. The van der Waals surface area contributed by atoms with Crippen LogP contribution in [-0.2, 0) is 31.9 Å². The second kappa shape index (κ2) is 17.2. The van der Waals surface area contributed by atoms with E-state index in [1.54, 1.807) is 0 Å². The molecule has 6 heteroatoms. The predicted octanol–water partition coefficient (Wildman–Crippen LogP) is 15.3. The van der Waals surface area contributed by atoms with Gasteiger partial charge in [0.2, 0.25) is 0 Å². The molecule has 0 N–H and O–H groups in total. The minimum absolute atomic E-state index is 0. The minimum atomic E-state index is -0.179. The number of rotatable bonds is 9. The number of allylic oxidation sites excluding steroid dienone is 1. The quantitative estimate of drug-likeness (QED) is 0.135. The van der Waals surface area contributed by atoms with Crippen LogP contribution in [0.2, 0.25) is 0 Å². The molecule has 0 spiro atoms. The van der Waals surface area contributed by atoms with E-state index in [1.807, 2.05) is 12.3 Å². The van der Waals surface area contributed by atoms with E-state index in [0.29, 0.717) is 17.4 Å². The molecule has 0 unspecified atom stereocenters. The molecule has 0 aliphatic carbocycles. The number of pyridine rings is 1. The molecule has 0 atom stereocenters. The van der Waals surface area contributed by atoms with Crippen LogP contribution in [0.3, 0.4) is 0 Å². The molecule has 0 amide bonds. The zero-order chi connectivity index (χ0) is 44.3. The largest absolute Gasteiger partial charge is 0.509 e. The third kappa shape index (κ3) is 8.55. The third-order valence-corrected chi connectivity index (χ3v) is 12.5. The topological polar surface area (TPSA) is 33.5 Å². The van der Waals surface area contributed by atoms with E-state index in [0.717, 1.165) is 44.6 Å². The van der Waals surface area contributed by atoms with Gasteiger partial charge in [-0.05, 0) is 81.1 Å². The number of hydrogen-bond acceptors (Lipinski definition) is 4. The van der Waals surface area contributed by atoms with Crippen LogP contribution in [0.25, 0.3) is 38.8 Å². The van der Waals surface area contributed by atoms with Gasteiger partial charge in [-0.3, -0.25) is 0 Å². The summed E-state index contributed by atoms with van der Waals surface area (Å²) in [4.78, 5) is 9.42. The van der Waals surface area contributed by atoms with Gasteiger partial charge in [-0.2, -0.15) is 6.07 Å². The minimum Gasteiger partial charge on any atom is -0.509 e. The molecule has 2 aromatic heterocycles. The molecule has 0 bridgehead atoms. The summed E-state index contributed by atoms with van der Waals surface area (Å²) in [5.74, 6) is 2.39. The molecule has 328 valence electrons. The van der Waals surface area contributed by atoms with Crippen molar-refractivity contribution in [2.24, 2.45) is 5.41 Å². The Morgan fingerprint density at radius 2 is 1.34 bits per heavy atom. The van der Waals surface area contributed by atoms with Crippen LogP contribution in [0.5, 0.6) is 11.5 Å².